The maximum atomic E-state index is 13.2. The maximum absolute atomic E-state index is 13.2. The molecule has 0 radical (unpaired) electrons. The van der Waals surface area contributed by atoms with Gasteiger partial charge in [-0.2, -0.15) is 0 Å². The van der Waals surface area contributed by atoms with Crippen LogP contribution in [0.3, 0.4) is 0 Å². The fourth-order valence-corrected chi connectivity index (χ4v) is 2.71. The second-order valence-electron chi connectivity index (χ2n) is 6.18. The summed E-state index contributed by atoms with van der Waals surface area (Å²) in [4.78, 5) is 24.3. The third kappa shape index (κ3) is 5.71. The summed E-state index contributed by atoms with van der Waals surface area (Å²) in [6.45, 7) is -0.198. The fourth-order valence-electron chi connectivity index (χ4n) is 2.53. The number of carbonyl (C=O) groups is 2. The van der Waals surface area contributed by atoms with E-state index >= 15 is 0 Å². The lowest BCUT2D eigenvalue weighted by Crippen LogP contribution is -2.20. The van der Waals surface area contributed by atoms with Gasteiger partial charge in [0.05, 0.1) is 12.1 Å². The van der Waals surface area contributed by atoms with E-state index in [1.54, 1.807) is 55.6 Å². The molecule has 2 amide bonds. The average Bonchev–Trinajstić information content (AvgIpc) is 2.75. The predicted molar refractivity (Wildman–Crippen MR) is 113 cm³/mol. The van der Waals surface area contributed by atoms with Gasteiger partial charge < -0.3 is 20.1 Å². The van der Waals surface area contributed by atoms with Crippen molar-refractivity contribution >= 4 is 34.8 Å². The summed E-state index contributed by atoms with van der Waals surface area (Å²) in [6, 6.07) is 17.1. The van der Waals surface area contributed by atoms with Crippen LogP contribution in [-0.2, 0) is 4.79 Å². The van der Waals surface area contributed by atoms with Crippen molar-refractivity contribution in [2.24, 2.45) is 0 Å². The van der Waals surface area contributed by atoms with Crippen molar-refractivity contribution in [3.63, 3.8) is 0 Å². The standard InChI is InChI=1S/C22H18ClFN2O4/c1-29-18-4-2-3-15(11-18)25-21(27)13-30-17-8-5-14(6-9-17)22(28)26-16-7-10-20(24)19(23)12-16/h2-12H,13H2,1H3,(H,25,27)(H,26,28). The van der Waals surface area contributed by atoms with Crippen LogP contribution >= 0.6 is 11.6 Å². The molecule has 0 fully saturated rings. The lowest BCUT2D eigenvalue weighted by Gasteiger charge is -2.09. The van der Waals surface area contributed by atoms with Crippen molar-refractivity contribution in [1.29, 1.82) is 0 Å². The summed E-state index contributed by atoms with van der Waals surface area (Å²) in [7, 11) is 1.54. The SMILES string of the molecule is COc1cccc(NC(=O)COc2ccc(C(=O)Nc3ccc(F)c(Cl)c3)cc2)c1. The van der Waals surface area contributed by atoms with E-state index < -0.39 is 5.82 Å². The number of hydrogen-bond acceptors (Lipinski definition) is 4. The molecule has 30 heavy (non-hydrogen) atoms. The van der Waals surface area contributed by atoms with Gasteiger partial charge in [-0.05, 0) is 54.6 Å². The van der Waals surface area contributed by atoms with Gasteiger partial charge in [-0.3, -0.25) is 9.59 Å². The van der Waals surface area contributed by atoms with Crippen LogP contribution in [0.15, 0.2) is 66.7 Å². The molecule has 3 rings (SSSR count). The van der Waals surface area contributed by atoms with Crippen LogP contribution in [0.5, 0.6) is 11.5 Å². The monoisotopic (exact) mass is 428 g/mol. The number of halogens is 2. The van der Waals surface area contributed by atoms with Crippen LogP contribution in [0.2, 0.25) is 5.02 Å². The van der Waals surface area contributed by atoms with Crippen molar-refractivity contribution in [1.82, 2.24) is 0 Å². The normalized spacial score (nSPS) is 10.2. The zero-order valence-corrected chi connectivity index (χ0v) is 16.7. The second kappa shape index (κ2) is 9.76. The van der Waals surface area contributed by atoms with Gasteiger partial charge in [-0.25, -0.2) is 4.39 Å². The molecule has 6 nitrogen and oxygen atoms in total. The van der Waals surface area contributed by atoms with Gasteiger partial charge in [0.2, 0.25) is 0 Å². The number of nitrogens with one attached hydrogen (secondary N) is 2. The Morgan fingerprint density at radius 2 is 1.67 bits per heavy atom. The van der Waals surface area contributed by atoms with Crippen LogP contribution < -0.4 is 20.1 Å². The van der Waals surface area contributed by atoms with E-state index in [9.17, 15) is 14.0 Å². The molecule has 3 aromatic carbocycles. The molecule has 0 spiro atoms. The first-order valence-corrected chi connectivity index (χ1v) is 9.25. The Morgan fingerprint density at radius 3 is 2.37 bits per heavy atom. The minimum Gasteiger partial charge on any atom is -0.497 e. The molecule has 0 aliphatic carbocycles. The van der Waals surface area contributed by atoms with Crippen LogP contribution in [-0.4, -0.2) is 25.5 Å². The molecule has 0 bridgehead atoms. The lowest BCUT2D eigenvalue weighted by atomic mass is 10.2. The highest BCUT2D eigenvalue weighted by molar-refractivity contribution is 6.31. The molecule has 3 aromatic rings. The number of hydrogen-bond donors (Lipinski definition) is 2. The van der Waals surface area contributed by atoms with Gasteiger partial charge >= 0.3 is 0 Å². The summed E-state index contributed by atoms with van der Waals surface area (Å²) >= 11 is 5.71. The Bertz CT molecular complexity index is 1060. The first kappa shape index (κ1) is 21.1. The van der Waals surface area contributed by atoms with Crippen molar-refractivity contribution < 1.29 is 23.5 Å². The zero-order valence-electron chi connectivity index (χ0n) is 15.9. The van der Waals surface area contributed by atoms with Gasteiger partial charge in [-0.15, -0.1) is 0 Å². The average molecular weight is 429 g/mol. The van der Waals surface area contributed by atoms with E-state index in [2.05, 4.69) is 10.6 Å². The molecule has 0 aliphatic heterocycles. The number of ether oxygens (including phenoxy) is 2. The highest BCUT2D eigenvalue weighted by atomic mass is 35.5. The van der Waals surface area contributed by atoms with Gasteiger partial charge in [-0.1, -0.05) is 17.7 Å². The van der Waals surface area contributed by atoms with Gasteiger partial charge in [0.25, 0.3) is 11.8 Å². The van der Waals surface area contributed by atoms with Crippen LogP contribution in [0, 0.1) is 5.82 Å². The van der Waals surface area contributed by atoms with Gasteiger partial charge in [0, 0.05) is 23.0 Å². The molecule has 0 atom stereocenters. The van der Waals surface area contributed by atoms with Crippen LogP contribution in [0.25, 0.3) is 0 Å². The second-order valence-corrected chi connectivity index (χ2v) is 6.58. The maximum Gasteiger partial charge on any atom is 0.262 e. The molecule has 0 saturated carbocycles. The molecule has 0 heterocycles. The van der Waals surface area contributed by atoms with E-state index in [1.807, 2.05) is 0 Å². The van der Waals surface area contributed by atoms with Crippen LogP contribution in [0.1, 0.15) is 10.4 Å². The molecule has 154 valence electrons. The summed E-state index contributed by atoms with van der Waals surface area (Å²) in [6.07, 6.45) is 0. The largest absolute Gasteiger partial charge is 0.497 e. The highest BCUT2D eigenvalue weighted by Crippen LogP contribution is 2.21. The first-order chi connectivity index (χ1) is 14.4. The highest BCUT2D eigenvalue weighted by Gasteiger charge is 2.09. The molecule has 0 aromatic heterocycles. The zero-order chi connectivity index (χ0) is 21.5. The molecule has 8 heteroatoms. The van der Waals surface area contributed by atoms with Crippen LogP contribution in [0.4, 0.5) is 15.8 Å². The smallest absolute Gasteiger partial charge is 0.262 e. The van der Waals surface area contributed by atoms with E-state index in [4.69, 9.17) is 21.1 Å². The number of benzene rings is 3. The van der Waals surface area contributed by atoms with Crippen molar-refractivity contribution in [3.8, 4) is 11.5 Å². The summed E-state index contributed by atoms with van der Waals surface area (Å²) < 4.78 is 23.7. The van der Waals surface area contributed by atoms with Gasteiger partial charge in [0.1, 0.15) is 17.3 Å². The van der Waals surface area contributed by atoms with E-state index in [-0.39, 0.29) is 23.4 Å². The third-order valence-electron chi connectivity index (χ3n) is 4.02. The number of carbonyl (C=O) groups excluding carboxylic acids is 2. The van der Waals surface area contributed by atoms with E-state index in [1.165, 1.54) is 18.2 Å². The lowest BCUT2D eigenvalue weighted by molar-refractivity contribution is -0.118. The third-order valence-corrected chi connectivity index (χ3v) is 4.31. The van der Waals surface area contributed by atoms with E-state index in [0.29, 0.717) is 28.4 Å². The molecule has 2 N–H and O–H groups in total. The number of anilines is 2. The molecule has 0 saturated heterocycles. The summed E-state index contributed by atoms with van der Waals surface area (Å²) in [5, 5.41) is 5.25. The first-order valence-electron chi connectivity index (χ1n) is 8.88. The molecular formula is C22H18ClFN2O4. The quantitative estimate of drug-likeness (QED) is 0.569. The molecular weight excluding hydrogens is 411 g/mol. The molecule has 0 aliphatic rings. The van der Waals surface area contributed by atoms with E-state index in [0.717, 1.165) is 0 Å². The Labute approximate surface area is 177 Å². The Kier molecular flexibility index (Phi) is 6.87. The Hall–Kier alpha value is -3.58. The molecule has 0 unspecified atom stereocenters. The minimum absolute atomic E-state index is 0.0798. The Morgan fingerprint density at radius 1 is 0.933 bits per heavy atom. The number of methoxy groups -OCH3 is 1. The van der Waals surface area contributed by atoms with Crippen molar-refractivity contribution in [3.05, 3.63) is 83.1 Å². The number of rotatable bonds is 7. The Balaban J connectivity index is 1.52. The minimum atomic E-state index is -0.563. The summed E-state index contributed by atoms with van der Waals surface area (Å²) in [5.74, 6) is -0.229. The number of amides is 2. The van der Waals surface area contributed by atoms with Gasteiger partial charge in [0.15, 0.2) is 6.61 Å². The summed E-state index contributed by atoms with van der Waals surface area (Å²) in [5.41, 5.74) is 1.33. The van der Waals surface area contributed by atoms with Crippen molar-refractivity contribution in [2.45, 2.75) is 0 Å². The fraction of sp³-hybridized carbons (Fsp3) is 0.0909. The topological polar surface area (TPSA) is 76.7 Å². The van der Waals surface area contributed by atoms with Crippen molar-refractivity contribution in [2.75, 3.05) is 24.4 Å². The predicted octanol–water partition coefficient (Wildman–Crippen LogP) is 4.76.